The van der Waals surface area contributed by atoms with Crippen LogP contribution in [0.15, 0.2) is 18.2 Å². The molecule has 1 fully saturated rings. The lowest BCUT2D eigenvalue weighted by atomic mass is 10.0. The predicted molar refractivity (Wildman–Crippen MR) is 63.8 cm³/mol. The Morgan fingerprint density at radius 2 is 1.94 bits per heavy atom. The van der Waals surface area contributed by atoms with Gasteiger partial charge >= 0.3 is 0 Å². The smallest absolute Gasteiger partial charge is 0.161 e. The Morgan fingerprint density at radius 3 is 2.50 bits per heavy atom. The highest BCUT2D eigenvalue weighted by Crippen LogP contribution is 2.38. The number of benzene rings is 1. The minimum Gasteiger partial charge on any atom is -0.493 e. The van der Waals surface area contributed by atoms with Crippen molar-refractivity contribution < 1.29 is 9.47 Å². The molecule has 0 aromatic heterocycles. The number of hydrogen-bond donors (Lipinski definition) is 1. The fraction of sp³-hybridized carbons (Fsp3) is 0.538. The van der Waals surface area contributed by atoms with Crippen LogP contribution in [0.5, 0.6) is 11.5 Å². The molecule has 1 aliphatic rings. The van der Waals surface area contributed by atoms with Gasteiger partial charge in [0.1, 0.15) is 0 Å². The van der Waals surface area contributed by atoms with Crippen molar-refractivity contribution in [2.24, 2.45) is 11.7 Å². The Balaban J connectivity index is 2.13. The Labute approximate surface area is 96.5 Å². The monoisotopic (exact) mass is 221 g/mol. The fourth-order valence-corrected chi connectivity index (χ4v) is 1.93. The van der Waals surface area contributed by atoms with Gasteiger partial charge in [0, 0.05) is 6.04 Å². The van der Waals surface area contributed by atoms with Crippen molar-refractivity contribution in [3.8, 4) is 11.5 Å². The van der Waals surface area contributed by atoms with Crippen molar-refractivity contribution in [1.29, 1.82) is 0 Å². The summed E-state index contributed by atoms with van der Waals surface area (Å²) in [7, 11) is 3.29. The summed E-state index contributed by atoms with van der Waals surface area (Å²) < 4.78 is 10.5. The third kappa shape index (κ3) is 2.47. The molecule has 2 N–H and O–H groups in total. The average molecular weight is 221 g/mol. The molecule has 0 amide bonds. The molecule has 1 atom stereocenters. The molecule has 1 aliphatic carbocycles. The third-order valence-electron chi connectivity index (χ3n) is 3.12. The quantitative estimate of drug-likeness (QED) is 0.830. The maximum atomic E-state index is 6.15. The molecule has 88 valence electrons. The fourth-order valence-electron chi connectivity index (χ4n) is 1.93. The zero-order chi connectivity index (χ0) is 11.5. The van der Waals surface area contributed by atoms with Crippen LogP contribution < -0.4 is 15.2 Å². The summed E-state index contributed by atoms with van der Waals surface area (Å²) in [6, 6.07) is 6.04. The van der Waals surface area contributed by atoms with Gasteiger partial charge in [-0.05, 0) is 30.0 Å². The maximum Gasteiger partial charge on any atom is 0.161 e. The van der Waals surface area contributed by atoms with Gasteiger partial charge in [0.25, 0.3) is 0 Å². The molecule has 0 unspecified atom stereocenters. The number of methoxy groups -OCH3 is 2. The minimum atomic E-state index is 0.118. The summed E-state index contributed by atoms with van der Waals surface area (Å²) in [5.41, 5.74) is 7.28. The van der Waals surface area contributed by atoms with Gasteiger partial charge in [-0.25, -0.2) is 0 Å². The van der Waals surface area contributed by atoms with E-state index >= 15 is 0 Å². The van der Waals surface area contributed by atoms with E-state index in [4.69, 9.17) is 15.2 Å². The van der Waals surface area contributed by atoms with Crippen molar-refractivity contribution in [1.82, 2.24) is 0 Å². The van der Waals surface area contributed by atoms with E-state index in [1.807, 2.05) is 18.2 Å². The van der Waals surface area contributed by atoms with Gasteiger partial charge in [-0.3, -0.25) is 0 Å². The van der Waals surface area contributed by atoms with Crippen LogP contribution in [0.3, 0.4) is 0 Å². The highest BCUT2D eigenvalue weighted by Gasteiger charge is 2.24. The molecule has 1 aromatic carbocycles. The molecule has 0 spiro atoms. The van der Waals surface area contributed by atoms with Gasteiger partial charge in [0.15, 0.2) is 11.5 Å². The maximum absolute atomic E-state index is 6.15. The molecule has 0 heterocycles. The minimum absolute atomic E-state index is 0.118. The Bertz CT molecular complexity index is 361. The SMILES string of the molecule is COc1ccc([C@H](N)CC2CC2)cc1OC. The molecule has 0 saturated heterocycles. The van der Waals surface area contributed by atoms with E-state index in [1.54, 1.807) is 14.2 Å². The zero-order valence-corrected chi connectivity index (χ0v) is 9.90. The highest BCUT2D eigenvalue weighted by molar-refractivity contribution is 5.43. The van der Waals surface area contributed by atoms with Gasteiger partial charge in [-0.2, -0.15) is 0 Å². The summed E-state index contributed by atoms with van der Waals surface area (Å²) in [6.45, 7) is 0. The van der Waals surface area contributed by atoms with E-state index in [2.05, 4.69) is 0 Å². The van der Waals surface area contributed by atoms with Gasteiger partial charge < -0.3 is 15.2 Å². The van der Waals surface area contributed by atoms with Crippen LogP contribution in [0.1, 0.15) is 30.9 Å². The normalized spacial score (nSPS) is 16.9. The molecule has 0 bridgehead atoms. The summed E-state index contributed by atoms with van der Waals surface area (Å²) in [5.74, 6) is 2.35. The van der Waals surface area contributed by atoms with Crippen LogP contribution in [-0.4, -0.2) is 14.2 Å². The second kappa shape index (κ2) is 4.74. The van der Waals surface area contributed by atoms with E-state index in [9.17, 15) is 0 Å². The first-order valence-electron chi connectivity index (χ1n) is 5.72. The molecule has 3 nitrogen and oxygen atoms in total. The molecule has 16 heavy (non-hydrogen) atoms. The van der Waals surface area contributed by atoms with E-state index in [1.165, 1.54) is 12.8 Å². The second-order valence-corrected chi connectivity index (χ2v) is 4.40. The zero-order valence-electron chi connectivity index (χ0n) is 9.90. The molecule has 1 saturated carbocycles. The first-order valence-corrected chi connectivity index (χ1v) is 5.72. The first-order chi connectivity index (χ1) is 7.74. The summed E-state index contributed by atoms with van der Waals surface area (Å²) in [5, 5.41) is 0. The van der Waals surface area contributed by atoms with Crippen molar-refractivity contribution in [2.75, 3.05) is 14.2 Å². The topological polar surface area (TPSA) is 44.5 Å². The Morgan fingerprint density at radius 1 is 1.25 bits per heavy atom. The van der Waals surface area contributed by atoms with Gasteiger partial charge in [-0.1, -0.05) is 18.9 Å². The summed E-state index contributed by atoms with van der Waals surface area (Å²) in [6.07, 6.45) is 3.75. The Kier molecular flexibility index (Phi) is 3.34. The van der Waals surface area contributed by atoms with Crippen molar-refractivity contribution in [3.63, 3.8) is 0 Å². The van der Waals surface area contributed by atoms with E-state index in [0.717, 1.165) is 29.4 Å². The van der Waals surface area contributed by atoms with Gasteiger partial charge in [-0.15, -0.1) is 0 Å². The second-order valence-electron chi connectivity index (χ2n) is 4.40. The van der Waals surface area contributed by atoms with Gasteiger partial charge in [0.05, 0.1) is 14.2 Å². The van der Waals surface area contributed by atoms with Crippen LogP contribution in [0, 0.1) is 5.92 Å². The first kappa shape index (κ1) is 11.3. The molecular weight excluding hydrogens is 202 g/mol. The van der Waals surface area contributed by atoms with Crippen molar-refractivity contribution in [3.05, 3.63) is 23.8 Å². The average Bonchev–Trinajstić information content (AvgIpc) is 3.11. The summed E-state index contributed by atoms with van der Waals surface area (Å²) >= 11 is 0. The number of rotatable bonds is 5. The predicted octanol–water partition coefficient (Wildman–Crippen LogP) is 2.50. The molecule has 3 heteroatoms. The van der Waals surface area contributed by atoms with Crippen LogP contribution in [0.4, 0.5) is 0 Å². The lowest BCUT2D eigenvalue weighted by Crippen LogP contribution is -2.11. The summed E-state index contributed by atoms with van der Waals surface area (Å²) in [4.78, 5) is 0. The number of nitrogens with two attached hydrogens (primary N) is 1. The van der Waals surface area contributed by atoms with Crippen LogP contribution in [0.2, 0.25) is 0 Å². The lowest BCUT2D eigenvalue weighted by molar-refractivity contribution is 0.354. The molecule has 2 rings (SSSR count). The molecule has 0 radical (unpaired) electrons. The van der Waals surface area contributed by atoms with E-state index in [-0.39, 0.29) is 6.04 Å². The largest absolute Gasteiger partial charge is 0.493 e. The highest BCUT2D eigenvalue weighted by atomic mass is 16.5. The molecule has 0 aliphatic heterocycles. The standard InChI is InChI=1S/C13H19NO2/c1-15-12-6-5-10(8-13(12)16-2)11(14)7-9-3-4-9/h5-6,8-9,11H,3-4,7,14H2,1-2H3/t11-/m1/s1. The van der Waals surface area contributed by atoms with Crippen molar-refractivity contribution >= 4 is 0 Å². The van der Waals surface area contributed by atoms with Crippen LogP contribution >= 0.6 is 0 Å². The van der Waals surface area contributed by atoms with Crippen LogP contribution in [0.25, 0.3) is 0 Å². The van der Waals surface area contributed by atoms with Gasteiger partial charge in [0.2, 0.25) is 0 Å². The number of ether oxygens (including phenoxy) is 2. The van der Waals surface area contributed by atoms with E-state index in [0.29, 0.717) is 0 Å². The van der Waals surface area contributed by atoms with Crippen molar-refractivity contribution in [2.45, 2.75) is 25.3 Å². The lowest BCUT2D eigenvalue weighted by Gasteiger charge is -2.14. The number of hydrogen-bond acceptors (Lipinski definition) is 3. The van der Waals surface area contributed by atoms with E-state index < -0.39 is 0 Å². The van der Waals surface area contributed by atoms with Crippen LogP contribution in [-0.2, 0) is 0 Å². The molecule has 1 aromatic rings. The Hall–Kier alpha value is -1.22. The third-order valence-corrected chi connectivity index (χ3v) is 3.12. The molecular formula is C13H19NO2.